The quantitative estimate of drug-likeness (QED) is 0.698. The molecule has 1 aliphatic rings. The zero-order chi connectivity index (χ0) is 12.2. The first-order valence-electron chi connectivity index (χ1n) is 5.42. The molecule has 0 aromatic heterocycles. The molecular formula is C9H20ClN3O3S. The van der Waals surface area contributed by atoms with Crippen molar-refractivity contribution in [1.29, 1.82) is 0 Å². The third kappa shape index (κ3) is 5.67. The van der Waals surface area contributed by atoms with E-state index in [2.05, 4.69) is 5.32 Å². The minimum Gasteiger partial charge on any atom is -0.355 e. The van der Waals surface area contributed by atoms with Crippen LogP contribution in [-0.4, -0.2) is 50.1 Å². The number of nitrogens with zero attached hydrogens (tertiary/aromatic N) is 1. The van der Waals surface area contributed by atoms with Gasteiger partial charge in [0.2, 0.25) is 15.9 Å². The summed E-state index contributed by atoms with van der Waals surface area (Å²) in [6.45, 7) is 3.02. The van der Waals surface area contributed by atoms with Gasteiger partial charge < -0.3 is 11.1 Å². The number of nitrogens with two attached hydrogens (primary N) is 1. The van der Waals surface area contributed by atoms with E-state index in [0.717, 1.165) is 0 Å². The Kier molecular flexibility index (Phi) is 6.99. The number of rotatable bonds is 5. The summed E-state index contributed by atoms with van der Waals surface area (Å²) in [6, 6.07) is -0.171. The highest BCUT2D eigenvalue weighted by Crippen LogP contribution is 2.11. The molecule has 8 heteroatoms. The number of hydrogen-bond donors (Lipinski definition) is 2. The van der Waals surface area contributed by atoms with Crippen LogP contribution in [0.2, 0.25) is 0 Å². The van der Waals surface area contributed by atoms with Crippen molar-refractivity contribution < 1.29 is 13.2 Å². The first kappa shape index (κ1) is 16.6. The standard InChI is InChI=1S/C9H19N3O3S.ClH/c1-8(10)7-9(13)11-3-5-12-4-2-6-16(12,14)15;/h8H,2-7,10H2,1H3,(H,11,13);1H. The van der Waals surface area contributed by atoms with Crippen molar-refractivity contribution >= 4 is 28.3 Å². The molecule has 102 valence electrons. The zero-order valence-electron chi connectivity index (χ0n) is 9.89. The van der Waals surface area contributed by atoms with Gasteiger partial charge in [-0.1, -0.05) is 0 Å². The summed E-state index contributed by atoms with van der Waals surface area (Å²) in [7, 11) is -3.05. The fourth-order valence-electron chi connectivity index (χ4n) is 1.63. The number of halogens is 1. The fraction of sp³-hybridized carbons (Fsp3) is 0.889. The maximum absolute atomic E-state index is 11.4. The molecule has 0 aromatic carbocycles. The average Bonchev–Trinajstić information content (AvgIpc) is 2.44. The highest BCUT2D eigenvalue weighted by Gasteiger charge is 2.27. The van der Waals surface area contributed by atoms with E-state index in [9.17, 15) is 13.2 Å². The van der Waals surface area contributed by atoms with Crippen molar-refractivity contribution in [1.82, 2.24) is 9.62 Å². The van der Waals surface area contributed by atoms with E-state index in [1.54, 1.807) is 6.92 Å². The van der Waals surface area contributed by atoms with Gasteiger partial charge in [0, 0.05) is 32.1 Å². The van der Waals surface area contributed by atoms with Gasteiger partial charge in [-0.3, -0.25) is 4.79 Å². The van der Waals surface area contributed by atoms with E-state index >= 15 is 0 Å². The van der Waals surface area contributed by atoms with Crippen molar-refractivity contribution in [3.63, 3.8) is 0 Å². The molecule has 1 heterocycles. The van der Waals surface area contributed by atoms with Gasteiger partial charge in [-0.25, -0.2) is 12.7 Å². The number of carbonyl (C=O) groups excluding carboxylic acids is 1. The van der Waals surface area contributed by atoms with Crippen molar-refractivity contribution in [3.05, 3.63) is 0 Å². The Morgan fingerprint density at radius 1 is 1.53 bits per heavy atom. The van der Waals surface area contributed by atoms with Gasteiger partial charge in [0.05, 0.1) is 5.75 Å². The summed E-state index contributed by atoms with van der Waals surface area (Å²) in [6.07, 6.45) is 0.947. The summed E-state index contributed by atoms with van der Waals surface area (Å²) >= 11 is 0. The van der Waals surface area contributed by atoms with Gasteiger partial charge in [0.25, 0.3) is 0 Å². The predicted octanol–water partition coefficient (Wildman–Crippen LogP) is -0.703. The van der Waals surface area contributed by atoms with Crippen LogP contribution in [0.15, 0.2) is 0 Å². The number of sulfonamides is 1. The molecule has 1 saturated heterocycles. The van der Waals surface area contributed by atoms with Crippen molar-refractivity contribution in [3.8, 4) is 0 Å². The lowest BCUT2D eigenvalue weighted by atomic mass is 10.2. The van der Waals surface area contributed by atoms with Crippen LogP contribution in [0.25, 0.3) is 0 Å². The van der Waals surface area contributed by atoms with Crippen LogP contribution in [-0.2, 0) is 14.8 Å². The molecule has 6 nitrogen and oxygen atoms in total. The number of nitrogens with one attached hydrogen (secondary N) is 1. The van der Waals surface area contributed by atoms with Crippen molar-refractivity contribution in [2.75, 3.05) is 25.4 Å². The summed E-state index contributed by atoms with van der Waals surface area (Å²) in [5.41, 5.74) is 5.46. The normalized spacial score (nSPS) is 20.6. The molecule has 0 bridgehead atoms. The van der Waals surface area contributed by atoms with E-state index in [4.69, 9.17) is 5.73 Å². The number of carbonyl (C=O) groups is 1. The van der Waals surface area contributed by atoms with Crippen LogP contribution < -0.4 is 11.1 Å². The first-order valence-corrected chi connectivity index (χ1v) is 7.03. The molecule has 1 amide bonds. The van der Waals surface area contributed by atoms with Gasteiger partial charge in [0.15, 0.2) is 0 Å². The van der Waals surface area contributed by atoms with Gasteiger partial charge >= 0.3 is 0 Å². The Morgan fingerprint density at radius 3 is 2.65 bits per heavy atom. The molecule has 1 rings (SSSR count). The molecule has 3 N–H and O–H groups in total. The summed E-state index contributed by atoms with van der Waals surface area (Å²) in [5.74, 6) is 0.0902. The molecule has 1 unspecified atom stereocenters. The first-order chi connectivity index (χ1) is 7.42. The van der Waals surface area contributed by atoms with E-state index in [-0.39, 0.29) is 36.5 Å². The second-order valence-corrected chi connectivity index (χ2v) is 6.19. The lowest BCUT2D eigenvalue weighted by Gasteiger charge is -2.14. The molecule has 1 aliphatic heterocycles. The topological polar surface area (TPSA) is 92.5 Å². The monoisotopic (exact) mass is 285 g/mol. The number of hydrogen-bond acceptors (Lipinski definition) is 4. The largest absolute Gasteiger partial charge is 0.355 e. The van der Waals surface area contributed by atoms with Crippen LogP contribution in [0.3, 0.4) is 0 Å². The maximum Gasteiger partial charge on any atom is 0.221 e. The molecule has 1 atom stereocenters. The van der Waals surface area contributed by atoms with Crippen LogP contribution in [0, 0.1) is 0 Å². The molecule has 0 aromatic rings. The molecular weight excluding hydrogens is 266 g/mol. The van der Waals surface area contributed by atoms with Gasteiger partial charge in [-0.15, -0.1) is 12.4 Å². The van der Waals surface area contributed by atoms with Crippen molar-refractivity contribution in [2.24, 2.45) is 5.73 Å². The minimum absolute atomic E-state index is 0. The molecule has 17 heavy (non-hydrogen) atoms. The molecule has 1 fully saturated rings. The fourth-order valence-corrected chi connectivity index (χ4v) is 3.16. The van der Waals surface area contributed by atoms with Crippen LogP contribution >= 0.6 is 12.4 Å². The Balaban J connectivity index is 0.00000256. The van der Waals surface area contributed by atoms with Gasteiger partial charge in [0.1, 0.15) is 0 Å². The highest BCUT2D eigenvalue weighted by molar-refractivity contribution is 7.89. The molecule has 0 spiro atoms. The Labute approximate surface area is 108 Å². The second kappa shape index (κ2) is 7.15. The smallest absolute Gasteiger partial charge is 0.221 e. The Bertz CT molecular complexity index is 345. The summed E-state index contributed by atoms with van der Waals surface area (Å²) in [4.78, 5) is 11.2. The van der Waals surface area contributed by atoms with Crippen LogP contribution in [0.1, 0.15) is 19.8 Å². The third-order valence-corrected chi connectivity index (χ3v) is 4.35. The average molecular weight is 286 g/mol. The minimum atomic E-state index is -3.05. The van der Waals surface area contributed by atoms with E-state index in [1.165, 1.54) is 4.31 Å². The molecule has 0 aliphatic carbocycles. The highest BCUT2D eigenvalue weighted by atomic mass is 35.5. The van der Waals surface area contributed by atoms with Crippen LogP contribution in [0.5, 0.6) is 0 Å². The van der Waals surface area contributed by atoms with E-state index in [0.29, 0.717) is 26.1 Å². The van der Waals surface area contributed by atoms with E-state index in [1.807, 2.05) is 0 Å². The molecule has 0 radical (unpaired) electrons. The number of amides is 1. The lowest BCUT2D eigenvalue weighted by molar-refractivity contribution is -0.121. The summed E-state index contributed by atoms with van der Waals surface area (Å²) in [5, 5.41) is 2.65. The Morgan fingerprint density at radius 2 is 2.18 bits per heavy atom. The summed E-state index contributed by atoms with van der Waals surface area (Å²) < 4.78 is 24.2. The second-order valence-electron chi connectivity index (χ2n) is 4.10. The Hall–Kier alpha value is -0.370. The van der Waals surface area contributed by atoms with Crippen LogP contribution in [0.4, 0.5) is 0 Å². The van der Waals surface area contributed by atoms with Gasteiger partial charge in [-0.05, 0) is 13.3 Å². The predicted molar refractivity (Wildman–Crippen MR) is 68.5 cm³/mol. The molecule has 0 saturated carbocycles. The SMILES string of the molecule is CC(N)CC(=O)NCCN1CCCS1(=O)=O.Cl. The zero-order valence-corrected chi connectivity index (χ0v) is 11.5. The van der Waals surface area contributed by atoms with E-state index < -0.39 is 10.0 Å². The van der Waals surface area contributed by atoms with Gasteiger partial charge in [-0.2, -0.15) is 0 Å². The third-order valence-electron chi connectivity index (χ3n) is 2.39. The maximum atomic E-state index is 11.4. The lowest BCUT2D eigenvalue weighted by Crippen LogP contribution is -2.37. The van der Waals surface area contributed by atoms with Crippen molar-refractivity contribution in [2.45, 2.75) is 25.8 Å².